The van der Waals surface area contributed by atoms with E-state index in [2.05, 4.69) is 0 Å². The van der Waals surface area contributed by atoms with Gasteiger partial charge in [-0.15, -0.1) is 33.2 Å². The maximum absolute atomic E-state index is 10.6. The fourth-order valence-corrected chi connectivity index (χ4v) is 4.67. The van der Waals surface area contributed by atoms with E-state index in [1.54, 1.807) is 6.92 Å². The van der Waals surface area contributed by atoms with Crippen LogP contribution in [-0.2, 0) is 4.79 Å². The summed E-state index contributed by atoms with van der Waals surface area (Å²) in [5.41, 5.74) is -0.570. The van der Waals surface area contributed by atoms with Crippen LogP contribution < -0.4 is 0 Å². The first-order valence-electron chi connectivity index (χ1n) is 2.65. The van der Waals surface area contributed by atoms with Gasteiger partial charge in [0.1, 0.15) is 0 Å². The smallest absolute Gasteiger partial charge is 0.281 e. The molecule has 0 amide bonds. The van der Waals surface area contributed by atoms with Crippen molar-refractivity contribution in [2.45, 2.75) is 18.9 Å². The Hall–Kier alpha value is 1.05. The molecule has 0 aromatic carbocycles. The van der Waals surface area contributed by atoms with Crippen LogP contribution in [0.15, 0.2) is 0 Å². The number of rotatable bonds is 3. The molecular formula is C4H6Cl4OSi. The normalized spacial score (nSPS) is 14.9. The van der Waals surface area contributed by atoms with Crippen molar-refractivity contribution >= 4 is 56.1 Å². The van der Waals surface area contributed by atoms with Gasteiger partial charge in [-0.05, 0) is 18.0 Å². The molecule has 0 radical (unpaired) electrons. The molecule has 0 rings (SSSR count). The standard InChI is InChI=1S/C4H6Cl4OSi/c1-2-3(4(5)9)10(6,7)8/h3H,2H2,1H3. The summed E-state index contributed by atoms with van der Waals surface area (Å²) in [6.07, 6.45) is 0.491. The molecule has 1 nitrogen and oxygen atoms in total. The molecule has 0 saturated carbocycles. The number of carbonyl (C=O) groups is 1. The van der Waals surface area contributed by atoms with Crippen LogP contribution in [-0.4, -0.2) is 11.2 Å². The molecule has 0 aromatic rings. The summed E-state index contributed by atoms with van der Waals surface area (Å²) in [6, 6.07) is -2.91. The van der Waals surface area contributed by atoms with Gasteiger partial charge < -0.3 is 0 Å². The minimum Gasteiger partial charge on any atom is -0.281 e. The lowest BCUT2D eigenvalue weighted by atomic mass is 10.4. The van der Waals surface area contributed by atoms with Gasteiger partial charge in [0, 0.05) is 0 Å². The fourth-order valence-electron chi connectivity index (χ4n) is 0.521. The van der Waals surface area contributed by atoms with Gasteiger partial charge in [0.15, 0.2) is 0 Å². The zero-order chi connectivity index (χ0) is 8.36. The fraction of sp³-hybridized carbons (Fsp3) is 0.750. The van der Waals surface area contributed by atoms with Gasteiger partial charge in [-0.3, -0.25) is 4.79 Å². The lowest BCUT2D eigenvalue weighted by Crippen LogP contribution is -2.23. The molecule has 0 aromatic heterocycles. The Kier molecular flexibility index (Phi) is 4.60. The number of hydrogen-bond donors (Lipinski definition) is 0. The third-order valence-corrected chi connectivity index (χ3v) is 5.36. The largest absolute Gasteiger partial charge is 0.352 e. The first-order valence-corrected chi connectivity index (χ1v) is 8.14. The Morgan fingerprint density at radius 2 is 1.90 bits per heavy atom. The van der Waals surface area contributed by atoms with Crippen molar-refractivity contribution < 1.29 is 4.79 Å². The van der Waals surface area contributed by atoms with Crippen molar-refractivity contribution in [1.29, 1.82) is 0 Å². The van der Waals surface area contributed by atoms with E-state index < -0.39 is 16.8 Å². The third kappa shape index (κ3) is 3.44. The average Bonchev–Trinajstić information content (AvgIpc) is 1.60. The number of halogens is 4. The first kappa shape index (κ1) is 11.0. The summed E-state index contributed by atoms with van der Waals surface area (Å²) < 4.78 is 0. The SMILES string of the molecule is CCC(C(=O)Cl)[Si](Cl)(Cl)Cl. The molecule has 0 aliphatic rings. The van der Waals surface area contributed by atoms with E-state index in [-0.39, 0.29) is 0 Å². The molecule has 6 heteroatoms. The highest BCUT2D eigenvalue weighted by atomic mass is 35.8. The van der Waals surface area contributed by atoms with Crippen molar-refractivity contribution in [3.05, 3.63) is 0 Å². The van der Waals surface area contributed by atoms with Crippen molar-refractivity contribution in [1.82, 2.24) is 0 Å². The van der Waals surface area contributed by atoms with E-state index in [0.29, 0.717) is 6.42 Å². The molecule has 0 aliphatic heterocycles. The molecule has 60 valence electrons. The van der Waals surface area contributed by atoms with Crippen molar-refractivity contribution in [2.75, 3.05) is 0 Å². The Balaban J connectivity index is 4.22. The molecule has 0 saturated heterocycles. The highest BCUT2D eigenvalue weighted by Gasteiger charge is 2.39. The average molecular weight is 240 g/mol. The molecule has 0 spiro atoms. The van der Waals surface area contributed by atoms with Gasteiger partial charge in [-0.2, -0.15) is 0 Å². The van der Waals surface area contributed by atoms with E-state index in [0.717, 1.165) is 0 Å². The second-order valence-corrected chi connectivity index (χ2v) is 11.1. The predicted molar refractivity (Wildman–Crippen MR) is 48.2 cm³/mol. The zero-order valence-electron chi connectivity index (χ0n) is 5.20. The lowest BCUT2D eigenvalue weighted by Gasteiger charge is -2.15. The highest BCUT2D eigenvalue weighted by molar-refractivity contribution is 7.66. The topological polar surface area (TPSA) is 17.1 Å². The first-order chi connectivity index (χ1) is 4.39. The van der Waals surface area contributed by atoms with Crippen molar-refractivity contribution in [3.8, 4) is 0 Å². The minimum atomic E-state index is -2.91. The van der Waals surface area contributed by atoms with Gasteiger partial charge in [0.25, 0.3) is 0 Å². The van der Waals surface area contributed by atoms with E-state index in [1.165, 1.54) is 0 Å². The third-order valence-electron chi connectivity index (χ3n) is 1.08. The Labute approximate surface area is 79.7 Å². The second-order valence-electron chi connectivity index (χ2n) is 1.81. The molecular weight excluding hydrogens is 234 g/mol. The van der Waals surface area contributed by atoms with Gasteiger partial charge in [-0.1, -0.05) is 6.92 Å². The van der Waals surface area contributed by atoms with Crippen LogP contribution in [0, 0.1) is 0 Å². The Morgan fingerprint density at radius 1 is 1.50 bits per heavy atom. The quantitative estimate of drug-likeness (QED) is 0.420. The number of carbonyl (C=O) groups excluding carboxylic acids is 1. The molecule has 1 atom stereocenters. The highest BCUT2D eigenvalue weighted by Crippen LogP contribution is 2.37. The maximum Gasteiger partial charge on any atom is 0.352 e. The molecule has 0 bridgehead atoms. The molecule has 0 N–H and O–H groups in total. The summed E-state index contributed by atoms with van der Waals surface area (Å²) in [4.78, 5) is 10.6. The van der Waals surface area contributed by atoms with Crippen LogP contribution in [0.2, 0.25) is 5.54 Å². The van der Waals surface area contributed by atoms with Crippen molar-refractivity contribution in [3.63, 3.8) is 0 Å². The molecule has 1 unspecified atom stereocenters. The summed E-state index contributed by atoms with van der Waals surface area (Å²) in [5, 5.41) is -0.547. The van der Waals surface area contributed by atoms with E-state index in [9.17, 15) is 4.79 Å². The number of hydrogen-bond acceptors (Lipinski definition) is 1. The van der Waals surface area contributed by atoms with Gasteiger partial charge in [-0.25, -0.2) is 0 Å². The molecule has 10 heavy (non-hydrogen) atoms. The summed E-state index contributed by atoms with van der Waals surface area (Å²) in [6.45, 7) is 1.76. The minimum absolute atomic E-state index is 0.491. The lowest BCUT2D eigenvalue weighted by molar-refractivity contribution is -0.111. The monoisotopic (exact) mass is 238 g/mol. The molecule has 0 aliphatic carbocycles. The van der Waals surface area contributed by atoms with Crippen LogP contribution in [0.4, 0.5) is 0 Å². The van der Waals surface area contributed by atoms with E-state index in [4.69, 9.17) is 44.8 Å². The molecule has 0 heterocycles. The summed E-state index contributed by atoms with van der Waals surface area (Å²) in [7, 11) is 0. The van der Waals surface area contributed by atoms with Crippen LogP contribution >= 0.6 is 44.8 Å². The van der Waals surface area contributed by atoms with Crippen molar-refractivity contribution in [2.24, 2.45) is 0 Å². The van der Waals surface area contributed by atoms with E-state index in [1.807, 2.05) is 0 Å². The predicted octanol–water partition coefficient (Wildman–Crippen LogP) is 3.19. The Bertz CT molecular complexity index is 132. The maximum atomic E-state index is 10.6. The summed E-state index contributed by atoms with van der Waals surface area (Å²) in [5.74, 6) is 0. The van der Waals surface area contributed by atoms with Crippen LogP contribution in [0.1, 0.15) is 13.3 Å². The van der Waals surface area contributed by atoms with Crippen LogP contribution in [0.3, 0.4) is 0 Å². The van der Waals surface area contributed by atoms with Gasteiger partial charge in [0.2, 0.25) is 5.24 Å². The Morgan fingerprint density at radius 3 is 1.90 bits per heavy atom. The van der Waals surface area contributed by atoms with Gasteiger partial charge in [0.05, 0.1) is 5.54 Å². The molecule has 0 fully saturated rings. The van der Waals surface area contributed by atoms with Gasteiger partial charge >= 0.3 is 6.00 Å². The van der Waals surface area contributed by atoms with E-state index >= 15 is 0 Å². The summed E-state index contributed by atoms with van der Waals surface area (Å²) >= 11 is 21.8. The van der Waals surface area contributed by atoms with Crippen LogP contribution in [0.25, 0.3) is 0 Å². The second kappa shape index (κ2) is 4.17. The van der Waals surface area contributed by atoms with Crippen LogP contribution in [0.5, 0.6) is 0 Å². The zero-order valence-corrected chi connectivity index (χ0v) is 9.23.